The van der Waals surface area contributed by atoms with Gasteiger partial charge in [-0.1, -0.05) is 80.4 Å². The summed E-state index contributed by atoms with van der Waals surface area (Å²) in [6.07, 6.45) is -3.54. The minimum Gasteiger partial charge on any atom is -0.351 e. The van der Waals surface area contributed by atoms with Gasteiger partial charge < -0.3 is 16.4 Å². The number of halogens is 5. The predicted molar refractivity (Wildman–Crippen MR) is 156 cm³/mol. The number of nitrogens with two attached hydrogens (primary N) is 1. The molecule has 4 nitrogen and oxygen atoms in total. The molecule has 3 aromatic carbocycles. The second-order valence-electron chi connectivity index (χ2n) is 11.6. The molecule has 0 saturated carbocycles. The summed E-state index contributed by atoms with van der Waals surface area (Å²) in [5.74, 6) is -0.358. The second-order valence-corrected chi connectivity index (χ2v) is 12.4. The number of alkyl halides is 3. The van der Waals surface area contributed by atoms with E-state index in [-0.39, 0.29) is 23.9 Å². The van der Waals surface area contributed by atoms with E-state index in [0.717, 1.165) is 23.3 Å². The molecule has 3 aromatic rings. The molecule has 4 N–H and O–H groups in total. The molecule has 0 unspecified atom stereocenters. The van der Waals surface area contributed by atoms with Crippen LogP contribution < -0.4 is 16.4 Å². The maximum Gasteiger partial charge on any atom is 0.416 e. The monoisotopic (exact) mass is 593 g/mol. The summed E-state index contributed by atoms with van der Waals surface area (Å²) in [6, 6.07) is 18.4. The fourth-order valence-corrected chi connectivity index (χ4v) is 4.95. The molecule has 0 fully saturated rings. The highest BCUT2D eigenvalue weighted by atomic mass is 35.5. The van der Waals surface area contributed by atoms with Crippen LogP contribution >= 0.6 is 23.2 Å². The molecule has 216 valence electrons. The van der Waals surface area contributed by atoms with Crippen LogP contribution in [0, 0.1) is 5.41 Å². The molecule has 0 bridgehead atoms. The van der Waals surface area contributed by atoms with E-state index in [2.05, 4.69) is 31.4 Å². The highest BCUT2D eigenvalue weighted by molar-refractivity contribution is 6.30. The normalized spacial score (nSPS) is 15.2. The number of nitrogens with one attached hydrogen (secondary N) is 2. The third-order valence-corrected chi connectivity index (χ3v) is 7.26. The van der Waals surface area contributed by atoms with Crippen molar-refractivity contribution < 1.29 is 18.0 Å². The summed E-state index contributed by atoms with van der Waals surface area (Å²) in [4.78, 5) is 13.6. The second kappa shape index (κ2) is 12.9. The van der Waals surface area contributed by atoms with Crippen LogP contribution in [0.15, 0.2) is 72.8 Å². The highest BCUT2D eigenvalue weighted by Gasteiger charge is 2.37. The van der Waals surface area contributed by atoms with Crippen molar-refractivity contribution in [3.63, 3.8) is 0 Å². The van der Waals surface area contributed by atoms with E-state index in [9.17, 15) is 18.0 Å². The lowest BCUT2D eigenvalue weighted by Crippen LogP contribution is -2.59. The summed E-state index contributed by atoms with van der Waals surface area (Å²) in [7, 11) is 0. The number of amides is 1. The molecule has 0 spiro atoms. The van der Waals surface area contributed by atoms with Crippen molar-refractivity contribution in [2.24, 2.45) is 11.1 Å². The highest BCUT2D eigenvalue weighted by Crippen LogP contribution is 2.32. The van der Waals surface area contributed by atoms with Gasteiger partial charge in [0.25, 0.3) is 0 Å². The summed E-state index contributed by atoms with van der Waals surface area (Å²) in [6.45, 7) is 8.14. The number of hydrogen-bond donors (Lipinski definition) is 3. The minimum atomic E-state index is -4.47. The van der Waals surface area contributed by atoms with E-state index in [1.54, 1.807) is 30.3 Å². The molecular formula is C31H36Cl2F3N3O. The minimum absolute atomic E-state index is 0.0580. The van der Waals surface area contributed by atoms with Crippen LogP contribution in [0.4, 0.5) is 13.2 Å². The molecule has 9 heteroatoms. The SMILES string of the molecule is CC(C)(C)C[C@H](N[C@H](Cc1cccc(Cl)c1)C(=O)NCc1cccc(C(F)(F)F)c1)[C@](C)(N)c1ccc(Cl)cc1. The number of rotatable bonds is 10. The standard InChI is InChI=1S/C31H36Cl2F3N3O/c1-29(2,3)18-27(30(4,37)22-11-13-24(32)14-12-22)39-26(17-20-7-6-10-25(33)16-20)28(40)38-19-21-8-5-9-23(15-21)31(34,35)36/h5-16,26-27,39H,17-19,37H2,1-4H3,(H,38,40)/t26-,27+,30-/m1/s1. The Balaban J connectivity index is 1.91. The first kappa shape index (κ1) is 31.9. The first-order valence-electron chi connectivity index (χ1n) is 13.0. The average molecular weight is 595 g/mol. The fraction of sp³-hybridized carbons (Fsp3) is 0.387. The van der Waals surface area contributed by atoms with Crippen molar-refractivity contribution >= 4 is 29.1 Å². The van der Waals surface area contributed by atoms with Gasteiger partial charge in [0.15, 0.2) is 0 Å². The van der Waals surface area contributed by atoms with Gasteiger partial charge in [-0.2, -0.15) is 13.2 Å². The Bertz CT molecular complexity index is 1290. The lowest BCUT2D eigenvalue weighted by atomic mass is 9.76. The van der Waals surface area contributed by atoms with Crippen molar-refractivity contribution in [1.82, 2.24) is 10.6 Å². The van der Waals surface area contributed by atoms with Gasteiger partial charge in [0, 0.05) is 22.6 Å². The van der Waals surface area contributed by atoms with E-state index in [0.29, 0.717) is 28.5 Å². The Morgan fingerprint density at radius 1 is 0.850 bits per heavy atom. The third kappa shape index (κ3) is 9.23. The Morgan fingerprint density at radius 3 is 2.08 bits per heavy atom. The summed E-state index contributed by atoms with van der Waals surface area (Å²) >= 11 is 12.3. The van der Waals surface area contributed by atoms with Crippen LogP contribution in [-0.4, -0.2) is 18.0 Å². The van der Waals surface area contributed by atoms with Gasteiger partial charge in [-0.3, -0.25) is 4.79 Å². The van der Waals surface area contributed by atoms with Crippen molar-refractivity contribution in [1.29, 1.82) is 0 Å². The largest absolute Gasteiger partial charge is 0.416 e. The third-order valence-electron chi connectivity index (χ3n) is 6.78. The van der Waals surface area contributed by atoms with Gasteiger partial charge in [-0.25, -0.2) is 0 Å². The van der Waals surface area contributed by atoms with Gasteiger partial charge in [-0.05, 0) is 78.3 Å². The van der Waals surface area contributed by atoms with Crippen LogP contribution in [0.3, 0.4) is 0 Å². The molecule has 0 aliphatic heterocycles. The topological polar surface area (TPSA) is 67.2 Å². The molecule has 0 aliphatic carbocycles. The van der Waals surface area contributed by atoms with Crippen LogP contribution in [0.2, 0.25) is 10.0 Å². The van der Waals surface area contributed by atoms with Crippen molar-refractivity contribution in [2.75, 3.05) is 0 Å². The van der Waals surface area contributed by atoms with Gasteiger partial charge in [0.1, 0.15) is 0 Å². The van der Waals surface area contributed by atoms with Gasteiger partial charge >= 0.3 is 6.18 Å². The molecule has 40 heavy (non-hydrogen) atoms. The van der Waals surface area contributed by atoms with E-state index in [4.69, 9.17) is 28.9 Å². The van der Waals surface area contributed by atoms with Crippen molar-refractivity contribution in [2.45, 2.75) is 70.9 Å². The maximum atomic E-state index is 13.6. The van der Waals surface area contributed by atoms with Crippen LogP contribution in [-0.2, 0) is 29.5 Å². The lowest BCUT2D eigenvalue weighted by molar-refractivity contribution is -0.137. The van der Waals surface area contributed by atoms with Gasteiger partial charge in [-0.15, -0.1) is 0 Å². The van der Waals surface area contributed by atoms with Gasteiger partial charge in [0.2, 0.25) is 5.91 Å². The summed E-state index contributed by atoms with van der Waals surface area (Å²) in [5.41, 5.74) is 7.21. The number of hydrogen-bond acceptors (Lipinski definition) is 3. The zero-order chi connectivity index (χ0) is 29.7. The first-order chi connectivity index (χ1) is 18.5. The number of carbonyl (C=O) groups is 1. The predicted octanol–water partition coefficient (Wildman–Crippen LogP) is 7.51. The fourth-order valence-electron chi connectivity index (χ4n) is 4.61. The Hall–Kier alpha value is -2.58. The van der Waals surface area contributed by atoms with E-state index < -0.39 is 23.3 Å². The van der Waals surface area contributed by atoms with Crippen LogP contribution in [0.25, 0.3) is 0 Å². The molecule has 0 aromatic heterocycles. The smallest absolute Gasteiger partial charge is 0.351 e. The lowest BCUT2D eigenvalue weighted by Gasteiger charge is -2.41. The Morgan fingerprint density at radius 2 is 1.48 bits per heavy atom. The Labute approximate surface area is 244 Å². The molecule has 3 atom stereocenters. The maximum absolute atomic E-state index is 13.6. The number of benzene rings is 3. The van der Waals surface area contributed by atoms with Crippen molar-refractivity contribution in [3.8, 4) is 0 Å². The summed E-state index contributed by atoms with van der Waals surface area (Å²) < 4.78 is 39.6. The first-order valence-corrected chi connectivity index (χ1v) is 13.8. The molecule has 3 rings (SSSR count). The van der Waals surface area contributed by atoms with E-state index >= 15 is 0 Å². The zero-order valence-electron chi connectivity index (χ0n) is 23.1. The number of carbonyl (C=O) groups excluding carboxylic acids is 1. The molecule has 0 saturated heterocycles. The summed E-state index contributed by atoms with van der Waals surface area (Å²) in [5, 5.41) is 7.46. The quantitative estimate of drug-likeness (QED) is 0.228. The van der Waals surface area contributed by atoms with E-state index in [1.165, 1.54) is 6.07 Å². The molecular weight excluding hydrogens is 558 g/mol. The zero-order valence-corrected chi connectivity index (χ0v) is 24.6. The molecule has 0 heterocycles. The van der Waals surface area contributed by atoms with Gasteiger partial charge in [0.05, 0.1) is 17.1 Å². The van der Waals surface area contributed by atoms with Crippen LogP contribution in [0.5, 0.6) is 0 Å². The molecule has 0 aliphatic rings. The average Bonchev–Trinajstić information content (AvgIpc) is 2.85. The van der Waals surface area contributed by atoms with E-state index in [1.807, 2.05) is 31.2 Å². The molecule has 0 radical (unpaired) electrons. The Kier molecular flexibility index (Phi) is 10.3. The molecule has 1 amide bonds. The van der Waals surface area contributed by atoms with Crippen molar-refractivity contribution in [3.05, 3.63) is 105 Å². The van der Waals surface area contributed by atoms with Crippen LogP contribution in [0.1, 0.15) is 56.4 Å².